The molecular formula is C28H24F3N7O. The molecule has 5 rings (SSSR count). The molecule has 0 unspecified atom stereocenters. The number of pyridine rings is 1. The van der Waals surface area contributed by atoms with Crippen molar-refractivity contribution < 1.29 is 18.0 Å². The summed E-state index contributed by atoms with van der Waals surface area (Å²) in [6.45, 7) is 4.00. The van der Waals surface area contributed by atoms with Crippen LogP contribution in [0.4, 0.5) is 36.2 Å². The van der Waals surface area contributed by atoms with Gasteiger partial charge in [0.1, 0.15) is 0 Å². The van der Waals surface area contributed by atoms with Crippen LogP contribution in [-0.2, 0) is 6.18 Å². The van der Waals surface area contributed by atoms with Gasteiger partial charge in [0.25, 0.3) is 5.91 Å². The van der Waals surface area contributed by atoms with Crippen LogP contribution >= 0.6 is 0 Å². The number of nitrogens with zero attached hydrogens (tertiary/aromatic N) is 4. The molecule has 1 aliphatic heterocycles. The standard InChI is InChI=1S/C28H24F3N7O/c1-17-5-6-19(10-25(17)37-27-33-9-7-24(36-27)20-4-3-8-32-14-20)26(39)35-22-11-21(28(29,30)31)12-23(13-22)38-15-18(2)34-16-38/h3-15,34H,16H2,1-2H3,(H,35,39)(H,33,36,37). The maximum absolute atomic E-state index is 13.6. The Kier molecular flexibility index (Phi) is 6.88. The summed E-state index contributed by atoms with van der Waals surface area (Å²) in [4.78, 5) is 27.7. The lowest BCUT2D eigenvalue weighted by Crippen LogP contribution is -2.21. The molecule has 0 aliphatic carbocycles. The third-order valence-electron chi connectivity index (χ3n) is 6.07. The van der Waals surface area contributed by atoms with Gasteiger partial charge in [0.15, 0.2) is 0 Å². The average molecular weight is 532 g/mol. The molecule has 2 aromatic heterocycles. The number of nitrogens with one attached hydrogen (secondary N) is 3. The molecule has 0 spiro atoms. The Morgan fingerprint density at radius 2 is 1.90 bits per heavy atom. The molecule has 3 N–H and O–H groups in total. The lowest BCUT2D eigenvalue weighted by molar-refractivity contribution is -0.137. The van der Waals surface area contributed by atoms with Gasteiger partial charge < -0.3 is 20.9 Å². The van der Waals surface area contributed by atoms with Crippen LogP contribution in [0.1, 0.15) is 28.4 Å². The highest BCUT2D eigenvalue weighted by atomic mass is 19.4. The van der Waals surface area contributed by atoms with Gasteiger partial charge in [0.2, 0.25) is 5.95 Å². The fourth-order valence-electron chi connectivity index (χ4n) is 4.03. The van der Waals surface area contributed by atoms with Gasteiger partial charge in [0.05, 0.1) is 17.9 Å². The molecule has 1 aliphatic rings. The zero-order chi connectivity index (χ0) is 27.6. The molecule has 0 fully saturated rings. The number of hydrogen-bond donors (Lipinski definition) is 3. The van der Waals surface area contributed by atoms with Crippen molar-refractivity contribution in [2.75, 3.05) is 22.2 Å². The van der Waals surface area contributed by atoms with E-state index in [1.54, 1.807) is 54.0 Å². The SMILES string of the molecule is CC1=CN(c2cc(NC(=O)c3ccc(C)c(Nc4nccc(-c5cccnc5)n4)c3)cc(C(F)(F)F)c2)CN1. The second-order valence-corrected chi connectivity index (χ2v) is 9.00. The van der Waals surface area contributed by atoms with Crippen LogP contribution < -0.4 is 20.9 Å². The molecule has 0 saturated carbocycles. The first-order valence-electron chi connectivity index (χ1n) is 12.0. The van der Waals surface area contributed by atoms with E-state index in [0.29, 0.717) is 29.7 Å². The van der Waals surface area contributed by atoms with Crippen LogP contribution in [0.25, 0.3) is 11.3 Å². The molecule has 0 atom stereocenters. The Labute approximate surface area is 222 Å². The fourth-order valence-corrected chi connectivity index (χ4v) is 4.03. The van der Waals surface area contributed by atoms with Crippen molar-refractivity contribution in [1.82, 2.24) is 20.3 Å². The van der Waals surface area contributed by atoms with Crippen LogP contribution in [-0.4, -0.2) is 27.5 Å². The largest absolute Gasteiger partial charge is 0.416 e. The predicted molar refractivity (Wildman–Crippen MR) is 143 cm³/mol. The van der Waals surface area contributed by atoms with E-state index in [0.717, 1.165) is 29.0 Å². The predicted octanol–water partition coefficient (Wildman–Crippen LogP) is 6.09. The number of alkyl halides is 3. The number of allylic oxidation sites excluding steroid dienone is 1. The molecule has 4 aromatic rings. The van der Waals surface area contributed by atoms with E-state index in [9.17, 15) is 18.0 Å². The Balaban J connectivity index is 1.39. The summed E-state index contributed by atoms with van der Waals surface area (Å²) in [6.07, 6.45) is 2.11. The van der Waals surface area contributed by atoms with Gasteiger partial charge in [-0.25, -0.2) is 9.97 Å². The summed E-state index contributed by atoms with van der Waals surface area (Å²) in [5.74, 6) is -0.235. The molecule has 0 saturated heterocycles. The number of carbonyl (C=O) groups is 1. The quantitative estimate of drug-likeness (QED) is 0.277. The summed E-state index contributed by atoms with van der Waals surface area (Å²) < 4.78 is 40.9. The lowest BCUT2D eigenvalue weighted by atomic mass is 10.1. The fraction of sp³-hybridized carbons (Fsp3) is 0.143. The monoisotopic (exact) mass is 531 g/mol. The summed E-state index contributed by atoms with van der Waals surface area (Å²) in [6, 6.07) is 13.9. The van der Waals surface area contributed by atoms with Gasteiger partial charge in [-0.2, -0.15) is 13.2 Å². The maximum Gasteiger partial charge on any atom is 0.416 e. The maximum atomic E-state index is 13.6. The number of aromatic nitrogens is 3. The van der Waals surface area contributed by atoms with Crippen molar-refractivity contribution in [1.29, 1.82) is 0 Å². The van der Waals surface area contributed by atoms with E-state index in [4.69, 9.17) is 0 Å². The van der Waals surface area contributed by atoms with E-state index < -0.39 is 17.6 Å². The summed E-state index contributed by atoms with van der Waals surface area (Å²) in [5.41, 5.74) is 3.47. The minimum absolute atomic E-state index is 0.0327. The number of rotatable bonds is 6. The Morgan fingerprint density at radius 3 is 2.62 bits per heavy atom. The zero-order valence-electron chi connectivity index (χ0n) is 21.0. The molecule has 0 bridgehead atoms. The van der Waals surface area contributed by atoms with Crippen molar-refractivity contribution >= 4 is 28.9 Å². The average Bonchev–Trinajstić information content (AvgIpc) is 3.36. The molecule has 0 radical (unpaired) electrons. The lowest BCUT2D eigenvalue weighted by Gasteiger charge is -2.19. The Hall–Kier alpha value is -4.93. The van der Waals surface area contributed by atoms with Crippen LogP contribution in [0.5, 0.6) is 0 Å². The van der Waals surface area contributed by atoms with E-state index >= 15 is 0 Å². The minimum Gasteiger partial charge on any atom is -0.370 e. The van der Waals surface area contributed by atoms with Gasteiger partial charge in [0, 0.05) is 58.7 Å². The Bertz CT molecular complexity index is 1550. The third-order valence-corrected chi connectivity index (χ3v) is 6.07. The third kappa shape index (κ3) is 5.98. The molecule has 39 heavy (non-hydrogen) atoms. The number of halogens is 3. The highest BCUT2D eigenvalue weighted by Crippen LogP contribution is 2.35. The molecule has 1 amide bonds. The number of aryl methyl sites for hydroxylation is 1. The van der Waals surface area contributed by atoms with E-state index in [1.165, 1.54) is 6.07 Å². The molecule has 3 heterocycles. The number of benzene rings is 2. The van der Waals surface area contributed by atoms with Crippen molar-refractivity contribution in [3.05, 3.63) is 102 Å². The first-order valence-corrected chi connectivity index (χ1v) is 12.0. The van der Waals surface area contributed by atoms with E-state index in [1.807, 2.05) is 26.0 Å². The molecule has 8 nitrogen and oxygen atoms in total. The van der Waals surface area contributed by atoms with Gasteiger partial charge in [-0.05, 0) is 67.9 Å². The van der Waals surface area contributed by atoms with Gasteiger partial charge in [-0.3, -0.25) is 9.78 Å². The highest BCUT2D eigenvalue weighted by molar-refractivity contribution is 6.05. The minimum atomic E-state index is -4.58. The number of hydrogen-bond acceptors (Lipinski definition) is 7. The topological polar surface area (TPSA) is 95.1 Å². The van der Waals surface area contributed by atoms with Crippen molar-refractivity contribution in [3.8, 4) is 11.3 Å². The van der Waals surface area contributed by atoms with E-state index in [-0.39, 0.29) is 11.3 Å². The normalized spacial score (nSPS) is 13.1. The number of amides is 1. The van der Waals surface area contributed by atoms with Crippen LogP contribution in [0.3, 0.4) is 0 Å². The second kappa shape index (κ2) is 10.4. The van der Waals surface area contributed by atoms with Gasteiger partial charge in [-0.1, -0.05) is 6.07 Å². The molecule has 198 valence electrons. The molecule has 2 aromatic carbocycles. The molecular weight excluding hydrogens is 507 g/mol. The Morgan fingerprint density at radius 1 is 1.05 bits per heavy atom. The van der Waals surface area contributed by atoms with Crippen molar-refractivity contribution in [3.63, 3.8) is 0 Å². The smallest absolute Gasteiger partial charge is 0.370 e. The van der Waals surface area contributed by atoms with Crippen molar-refractivity contribution in [2.24, 2.45) is 0 Å². The van der Waals surface area contributed by atoms with Crippen LogP contribution in [0, 0.1) is 6.92 Å². The van der Waals surface area contributed by atoms with Crippen LogP contribution in [0.2, 0.25) is 0 Å². The molecule has 11 heteroatoms. The van der Waals surface area contributed by atoms with Crippen LogP contribution in [0.15, 0.2) is 85.1 Å². The summed E-state index contributed by atoms with van der Waals surface area (Å²) in [7, 11) is 0. The first kappa shape index (κ1) is 25.7. The van der Waals surface area contributed by atoms with E-state index in [2.05, 4.69) is 30.9 Å². The van der Waals surface area contributed by atoms with Crippen molar-refractivity contribution in [2.45, 2.75) is 20.0 Å². The summed E-state index contributed by atoms with van der Waals surface area (Å²) >= 11 is 0. The van der Waals surface area contributed by atoms with Gasteiger partial charge in [-0.15, -0.1) is 0 Å². The second-order valence-electron chi connectivity index (χ2n) is 9.00. The first-order chi connectivity index (χ1) is 18.7. The zero-order valence-corrected chi connectivity index (χ0v) is 21.0. The number of anilines is 4. The van der Waals surface area contributed by atoms with Gasteiger partial charge >= 0.3 is 6.18 Å². The highest BCUT2D eigenvalue weighted by Gasteiger charge is 2.32. The summed E-state index contributed by atoms with van der Waals surface area (Å²) in [5, 5.41) is 8.80. The number of carbonyl (C=O) groups excluding carboxylic acids is 1.